The fourth-order valence-electron chi connectivity index (χ4n) is 5.95. The zero-order chi connectivity index (χ0) is 19.5. The van der Waals surface area contributed by atoms with Crippen molar-refractivity contribution in [3.05, 3.63) is 47.5 Å². The molecule has 0 saturated heterocycles. The lowest BCUT2D eigenvalue weighted by Gasteiger charge is -2.42. The van der Waals surface area contributed by atoms with E-state index in [1.165, 1.54) is 82.8 Å². The van der Waals surface area contributed by atoms with E-state index >= 15 is 0 Å². The second-order valence-electron chi connectivity index (χ2n) is 9.43. The molecule has 2 aromatic rings. The zero-order valence-corrected chi connectivity index (χ0v) is 17.2. The minimum absolute atomic E-state index is 0.273. The summed E-state index contributed by atoms with van der Waals surface area (Å²) in [4.78, 5) is 0. The summed E-state index contributed by atoms with van der Waals surface area (Å²) in [5, 5.41) is 1.23. The third-order valence-corrected chi connectivity index (χ3v) is 7.55. The summed E-state index contributed by atoms with van der Waals surface area (Å²) >= 11 is 0. The standard InChI is InChI=1S/C26H34F2/c1-2-3-4-5-6-18-7-8-20-14-21(10-9-19(20)13-18)23-15-22-11-12-24(27)17-25(22)26(28)16-23/h11-12,15-21H,2-10,13-14H2,1H3/t18-,19?,20-,21?/m1/s1. The summed E-state index contributed by atoms with van der Waals surface area (Å²) in [5.74, 6) is 2.48. The van der Waals surface area contributed by atoms with E-state index in [9.17, 15) is 8.78 Å². The molecular weight excluding hydrogens is 350 g/mol. The van der Waals surface area contributed by atoms with Crippen molar-refractivity contribution < 1.29 is 8.78 Å². The highest BCUT2D eigenvalue weighted by Crippen LogP contribution is 2.48. The number of hydrogen-bond acceptors (Lipinski definition) is 0. The smallest absolute Gasteiger partial charge is 0.131 e. The van der Waals surface area contributed by atoms with Crippen molar-refractivity contribution in [3.8, 4) is 0 Å². The molecular formula is C26H34F2. The molecule has 2 aliphatic rings. The predicted octanol–water partition coefficient (Wildman–Crippen LogP) is 8.39. The van der Waals surface area contributed by atoms with Crippen LogP contribution in [0.15, 0.2) is 30.3 Å². The predicted molar refractivity (Wildman–Crippen MR) is 114 cm³/mol. The molecule has 2 heteroatoms. The number of benzene rings is 2. The Balaban J connectivity index is 1.38. The van der Waals surface area contributed by atoms with E-state index < -0.39 is 0 Å². The Bertz CT molecular complexity index is 796. The van der Waals surface area contributed by atoms with Crippen LogP contribution >= 0.6 is 0 Å². The van der Waals surface area contributed by atoms with Crippen molar-refractivity contribution >= 4 is 10.8 Å². The highest BCUT2D eigenvalue weighted by Gasteiger charge is 2.35. The Morgan fingerprint density at radius 2 is 1.68 bits per heavy atom. The first-order chi connectivity index (χ1) is 13.6. The number of halogens is 2. The molecule has 4 rings (SSSR count). The zero-order valence-electron chi connectivity index (χ0n) is 17.2. The van der Waals surface area contributed by atoms with Crippen molar-refractivity contribution in [2.24, 2.45) is 17.8 Å². The minimum Gasteiger partial charge on any atom is -0.207 e. The quantitative estimate of drug-likeness (QED) is 0.439. The van der Waals surface area contributed by atoms with Gasteiger partial charge in [-0.1, -0.05) is 57.6 Å². The third-order valence-electron chi connectivity index (χ3n) is 7.55. The van der Waals surface area contributed by atoms with Gasteiger partial charge < -0.3 is 0 Å². The van der Waals surface area contributed by atoms with E-state index in [2.05, 4.69) is 13.0 Å². The lowest BCUT2D eigenvalue weighted by Crippen LogP contribution is -2.30. The van der Waals surface area contributed by atoms with Crippen LogP contribution in [0.4, 0.5) is 8.78 Å². The fraction of sp³-hybridized carbons (Fsp3) is 0.615. The molecule has 2 fully saturated rings. The molecule has 2 aliphatic carbocycles. The Morgan fingerprint density at radius 3 is 2.54 bits per heavy atom. The summed E-state index contributed by atoms with van der Waals surface area (Å²) < 4.78 is 28.0. The van der Waals surface area contributed by atoms with Gasteiger partial charge in [0.2, 0.25) is 0 Å². The summed E-state index contributed by atoms with van der Waals surface area (Å²) in [7, 11) is 0. The van der Waals surface area contributed by atoms with Gasteiger partial charge >= 0.3 is 0 Å². The SMILES string of the molecule is CCCCCC[C@@H]1CC[C@@H]2CC(c3cc(F)c4cc(F)ccc4c3)CCC2C1. The third kappa shape index (κ3) is 4.42. The van der Waals surface area contributed by atoms with E-state index in [-0.39, 0.29) is 11.6 Å². The van der Waals surface area contributed by atoms with Gasteiger partial charge in [0.1, 0.15) is 11.6 Å². The van der Waals surface area contributed by atoms with Crippen LogP contribution in [-0.2, 0) is 0 Å². The van der Waals surface area contributed by atoms with Crippen molar-refractivity contribution in [3.63, 3.8) is 0 Å². The van der Waals surface area contributed by atoms with Crippen molar-refractivity contribution in [1.82, 2.24) is 0 Å². The first-order valence-corrected chi connectivity index (χ1v) is 11.5. The summed E-state index contributed by atoms with van der Waals surface area (Å²) in [6.45, 7) is 2.28. The molecule has 0 amide bonds. The van der Waals surface area contributed by atoms with Gasteiger partial charge in [0.15, 0.2) is 0 Å². The first kappa shape index (κ1) is 19.9. The maximum Gasteiger partial charge on any atom is 0.131 e. The van der Waals surface area contributed by atoms with Crippen LogP contribution in [0.25, 0.3) is 10.8 Å². The molecule has 0 N–H and O–H groups in total. The molecule has 2 unspecified atom stereocenters. The number of rotatable bonds is 6. The normalized spacial score (nSPS) is 27.7. The Labute approximate surface area is 168 Å². The van der Waals surface area contributed by atoms with E-state index in [0.29, 0.717) is 11.3 Å². The maximum atomic E-state index is 14.6. The van der Waals surface area contributed by atoms with Gasteiger partial charge in [-0.05, 0) is 84.9 Å². The highest BCUT2D eigenvalue weighted by atomic mass is 19.1. The molecule has 0 radical (unpaired) electrons. The van der Waals surface area contributed by atoms with Gasteiger partial charge in [-0.25, -0.2) is 8.78 Å². The molecule has 0 nitrogen and oxygen atoms in total. The Kier molecular flexibility index (Phi) is 6.33. The maximum absolute atomic E-state index is 14.6. The molecule has 0 aromatic heterocycles. The second-order valence-corrected chi connectivity index (χ2v) is 9.43. The van der Waals surface area contributed by atoms with E-state index in [1.807, 2.05) is 0 Å². The summed E-state index contributed by atoms with van der Waals surface area (Å²) in [5.41, 5.74) is 1.12. The van der Waals surface area contributed by atoms with Crippen molar-refractivity contribution in [1.29, 1.82) is 0 Å². The minimum atomic E-state index is -0.369. The van der Waals surface area contributed by atoms with Crippen molar-refractivity contribution in [2.45, 2.75) is 83.5 Å². The first-order valence-electron chi connectivity index (χ1n) is 11.5. The van der Waals surface area contributed by atoms with Crippen LogP contribution < -0.4 is 0 Å². The fourth-order valence-corrected chi connectivity index (χ4v) is 5.95. The Morgan fingerprint density at radius 1 is 0.857 bits per heavy atom. The van der Waals surface area contributed by atoms with Gasteiger partial charge in [-0.15, -0.1) is 0 Å². The van der Waals surface area contributed by atoms with E-state index in [1.54, 1.807) is 12.1 Å². The number of hydrogen-bond donors (Lipinski definition) is 0. The van der Waals surface area contributed by atoms with Crippen LogP contribution in [0.1, 0.15) is 89.0 Å². The molecule has 2 saturated carbocycles. The van der Waals surface area contributed by atoms with E-state index in [4.69, 9.17) is 0 Å². The lowest BCUT2D eigenvalue weighted by molar-refractivity contribution is 0.113. The van der Waals surface area contributed by atoms with Crippen LogP contribution in [-0.4, -0.2) is 0 Å². The van der Waals surface area contributed by atoms with Gasteiger partial charge in [0, 0.05) is 5.39 Å². The summed E-state index contributed by atoms with van der Waals surface area (Å²) in [6.07, 6.45) is 14.8. The molecule has 0 heterocycles. The van der Waals surface area contributed by atoms with Crippen LogP contribution in [0.2, 0.25) is 0 Å². The molecule has 28 heavy (non-hydrogen) atoms. The van der Waals surface area contributed by atoms with Crippen LogP contribution in [0, 0.1) is 29.4 Å². The lowest BCUT2D eigenvalue weighted by atomic mass is 9.63. The van der Waals surface area contributed by atoms with E-state index in [0.717, 1.165) is 28.7 Å². The van der Waals surface area contributed by atoms with Crippen LogP contribution in [0.3, 0.4) is 0 Å². The van der Waals surface area contributed by atoms with Gasteiger partial charge in [0.25, 0.3) is 0 Å². The molecule has 0 aliphatic heterocycles. The molecule has 0 bridgehead atoms. The van der Waals surface area contributed by atoms with Gasteiger partial charge in [-0.2, -0.15) is 0 Å². The molecule has 0 spiro atoms. The average molecular weight is 385 g/mol. The molecule has 4 atom stereocenters. The van der Waals surface area contributed by atoms with Crippen molar-refractivity contribution in [2.75, 3.05) is 0 Å². The highest BCUT2D eigenvalue weighted by molar-refractivity contribution is 5.84. The molecule has 152 valence electrons. The average Bonchev–Trinajstić information content (AvgIpc) is 2.71. The van der Waals surface area contributed by atoms with Crippen LogP contribution in [0.5, 0.6) is 0 Å². The molecule has 2 aromatic carbocycles. The van der Waals surface area contributed by atoms with Gasteiger partial charge in [-0.3, -0.25) is 0 Å². The largest absolute Gasteiger partial charge is 0.207 e. The topological polar surface area (TPSA) is 0 Å². The number of unbranched alkanes of at least 4 members (excludes halogenated alkanes) is 3. The monoisotopic (exact) mass is 384 g/mol. The van der Waals surface area contributed by atoms with Gasteiger partial charge in [0.05, 0.1) is 0 Å². The number of fused-ring (bicyclic) bond motifs is 2. The summed E-state index contributed by atoms with van der Waals surface area (Å²) in [6, 6.07) is 8.23. The second kappa shape index (κ2) is 8.93. The Hall–Kier alpha value is -1.44.